The minimum absolute atomic E-state index is 0.0148. The zero-order valence-corrected chi connectivity index (χ0v) is 16.6. The second kappa shape index (κ2) is 8.62. The number of aryl methyl sites for hydroxylation is 1. The average molecular weight is 398 g/mol. The van der Waals surface area contributed by atoms with Crippen LogP contribution in [0, 0.1) is 12.8 Å². The lowest BCUT2D eigenvalue weighted by molar-refractivity contribution is 0.0934. The fourth-order valence-corrected chi connectivity index (χ4v) is 4.25. The number of thiazole rings is 1. The predicted molar refractivity (Wildman–Crippen MR) is 107 cm³/mol. The number of amides is 1. The van der Waals surface area contributed by atoms with Crippen LogP contribution in [0.3, 0.4) is 0 Å². The van der Waals surface area contributed by atoms with Crippen LogP contribution in [0.2, 0.25) is 0 Å². The maximum atomic E-state index is 12.3. The van der Waals surface area contributed by atoms with Crippen molar-refractivity contribution in [2.45, 2.75) is 26.3 Å². The summed E-state index contributed by atoms with van der Waals surface area (Å²) < 4.78 is 5.33. The summed E-state index contributed by atoms with van der Waals surface area (Å²) in [6.07, 6.45) is 7.61. The quantitative estimate of drug-likeness (QED) is 0.688. The number of carbonyl (C=O) groups is 1. The van der Waals surface area contributed by atoms with Crippen LogP contribution in [-0.2, 0) is 6.54 Å². The zero-order valence-electron chi connectivity index (χ0n) is 15.8. The normalized spacial score (nSPS) is 17.5. The molecule has 1 aliphatic heterocycles. The Hall–Kier alpha value is -2.58. The van der Waals surface area contributed by atoms with Gasteiger partial charge < -0.3 is 9.73 Å². The first-order valence-corrected chi connectivity index (χ1v) is 10.3. The Morgan fingerprint density at radius 3 is 2.93 bits per heavy atom. The third kappa shape index (κ3) is 4.45. The molecule has 28 heavy (non-hydrogen) atoms. The molecule has 0 bridgehead atoms. The van der Waals surface area contributed by atoms with Gasteiger partial charge in [0.05, 0.1) is 17.5 Å². The van der Waals surface area contributed by atoms with Gasteiger partial charge in [-0.05, 0) is 44.4 Å². The molecule has 0 aliphatic carbocycles. The monoisotopic (exact) mass is 397 g/mol. The minimum Gasteiger partial charge on any atom is -0.461 e. The van der Waals surface area contributed by atoms with E-state index in [1.54, 1.807) is 11.8 Å². The molecule has 0 spiro atoms. The number of aromatic nitrogens is 3. The van der Waals surface area contributed by atoms with Crippen molar-refractivity contribution < 1.29 is 9.21 Å². The minimum atomic E-state index is -0.0148. The van der Waals surface area contributed by atoms with E-state index in [1.165, 1.54) is 11.3 Å². The molecule has 4 heterocycles. The van der Waals surface area contributed by atoms with Crippen molar-refractivity contribution in [1.82, 2.24) is 25.2 Å². The molecule has 1 atom stereocenters. The van der Waals surface area contributed by atoms with Gasteiger partial charge in [-0.15, -0.1) is 11.3 Å². The first-order chi connectivity index (χ1) is 13.7. The van der Waals surface area contributed by atoms with Crippen molar-refractivity contribution in [2.24, 2.45) is 5.92 Å². The summed E-state index contributed by atoms with van der Waals surface area (Å²) in [4.78, 5) is 28.4. The summed E-state index contributed by atoms with van der Waals surface area (Å²) in [5.41, 5.74) is 3.59. The number of hydrogen-bond acceptors (Lipinski definition) is 7. The highest BCUT2D eigenvalue weighted by Crippen LogP contribution is 2.20. The Bertz CT molecular complexity index is 907. The molecule has 1 fully saturated rings. The fraction of sp³-hybridized carbons (Fsp3) is 0.400. The van der Waals surface area contributed by atoms with Crippen LogP contribution in [0.1, 0.15) is 33.8 Å². The maximum Gasteiger partial charge on any atom is 0.263 e. The van der Waals surface area contributed by atoms with Gasteiger partial charge in [0.25, 0.3) is 5.91 Å². The van der Waals surface area contributed by atoms with Crippen LogP contribution < -0.4 is 5.32 Å². The molecule has 0 aromatic carbocycles. The highest BCUT2D eigenvalue weighted by Gasteiger charge is 2.21. The highest BCUT2D eigenvalue weighted by molar-refractivity contribution is 7.11. The first kappa shape index (κ1) is 18.8. The number of piperidine rings is 1. The molecule has 1 aliphatic rings. The summed E-state index contributed by atoms with van der Waals surface area (Å²) in [5, 5.41) is 3.07. The van der Waals surface area contributed by atoms with Crippen molar-refractivity contribution in [2.75, 3.05) is 19.6 Å². The highest BCUT2D eigenvalue weighted by atomic mass is 32.1. The number of furan rings is 1. The van der Waals surface area contributed by atoms with Crippen LogP contribution in [0.5, 0.6) is 0 Å². The van der Waals surface area contributed by atoms with E-state index in [9.17, 15) is 4.79 Å². The number of nitrogens with one attached hydrogen (secondary N) is 1. The van der Waals surface area contributed by atoms with Crippen LogP contribution >= 0.6 is 11.3 Å². The Morgan fingerprint density at radius 1 is 1.36 bits per heavy atom. The Labute approximate surface area is 167 Å². The van der Waals surface area contributed by atoms with Crippen LogP contribution in [0.4, 0.5) is 0 Å². The lowest BCUT2D eigenvalue weighted by atomic mass is 9.97. The Balaban J connectivity index is 1.29. The molecular formula is C20H23N5O2S. The third-order valence-corrected chi connectivity index (χ3v) is 5.89. The molecule has 3 aromatic heterocycles. The van der Waals surface area contributed by atoms with Crippen LogP contribution in [0.25, 0.3) is 11.6 Å². The topological polar surface area (TPSA) is 84.2 Å². The molecule has 8 heteroatoms. The van der Waals surface area contributed by atoms with E-state index in [0.29, 0.717) is 28.9 Å². The molecule has 0 saturated carbocycles. The predicted octanol–water partition coefficient (Wildman–Crippen LogP) is 3.14. The number of carbonyl (C=O) groups excluding carboxylic acids is 1. The molecular weight excluding hydrogens is 374 g/mol. The summed E-state index contributed by atoms with van der Waals surface area (Å²) >= 11 is 1.39. The second-order valence-corrected chi connectivity index (χ2v) is 7.97. The van der Waals surface area contributed by atoms with Crippen molar-refractivity contribution in [3.63, 3.8) is 0 Å². The van der Waals surface area contributed by atoms with Gasteiger partial charge in [-0.1, -0.05) is 0 Å². The number of nitrogens with zero attached hydrogens (tertiary/aromatic N) is 4. The van der Waals surface area contributed by atoms with Gasteiger partial charge >= 0.3 is 0 Å². The summed E-state index contributed by atoms with van der Waals surface area (Å²) in [5.74, 6) is 1.72. The number of rotatable bonds is 6. The molecule has 1 unspecified atom stereocenters. The van der Waals surface area contributed by atoms with Gasteiger partial charge in [-0.3, -0.25) is 9.69 Å². The lowest BCUT2D eigenvalue weighted by Gasteiger charge is -2.32. The lowest BCUT2D eigenvalue weighted by Crippen LogP contribution is -2.40. The van der Waals surface area contributed by atoms with Crippen molar-refractivity contribution in [1.29, 1.82) is 0 Å². The largest absolute Gasteiger partial charge is 0.461 e. The molecule has 3 aromatic rings. The molecule has 1 N–H and O–H groups in total. The zero-order chi connectivity index (χ0) is 19.3. The Morgan fingerprint density at radius 2 is 2.21 bits per heavy atom. The van der Waals surface area contributed by atoms with Crippen molar-refractivity contribution in [3.8, 4) is 11.6 Å². The van der Waals surface area contributed by atoms with E-state index in [0.717, 1.165) is 43.7 Å². The molecule has 7 nitrogen and oxygen atoms in total. The average Bonchev–Trinajstić information content (AvgIpc) is 3.39. The van der Waals surface area contributed by atoms with E-state index in [2.05, 4.69) is 25.2 Å². The van der Waals surface area contributed by atoms with Gasteiger partial charge in [-0.2, -0.15) is 0 Å². The van der Waals surface area contributed by atoms with Gasteiger partial charge in [0, 0.05) is 37.6 Å². The smallest absolute Gasteiger partial charge is 0.263 e. The van der Waals surface area contributed by atoms with E-state index in [1.807, 2.05) is 31.5 Å². The molecule has 4 rings (SSSR count). The van der Waals surface area contributed by atoms with Crippen LogP contribution in [0.15, 0.2) is 40.7 Å². The van der Waals surface area contributed by atoms with Crippen molar-refractivity contribution >= 4 is 17.2 Å². The summed E-state index contributed by atoms with van der Waals surface area (Å²) in [7, 11) is 0. The summed E-state index contributed by atoms with van der Waals surface area (Å²) in [6.45, 7) is 5.39. The van der Waals surface area contributed by atoms with Gasteiger partial charge in [-0.25, -0.2) is 15.0 Å². The molecule has 1 amide bonds. The summed E-state index contributed by atoms with van der Waals surface area (Å²) in [6, 6.07) is 3.68. The van der Waals surface area contributed by atoms with E-state index < -0.39 is 0 Å². The van der Waals surface area contributed by atoms with Gasteiger partial charge in [0.15, 0.2) is 11.6 Å². The number of likely N-dealkylation sites (tertiary alicyclic amines) is 1. The SMILES string of the molecule is Cc1ncsc1C(=O)NCC1CCCN(Cc2cnc(-c3ccco3)nc2)C1. The maximum absolute atomic E-state index is 12.3. The van der Waals surface area contributed by atoms with E-state index >= 15 is 0 Å². The van der Waals surface area contributed by atoms with E-state index in [-0.39, 0.29) is 5.91 Å². The van der Waals surface area contributed by atoms with E-state index in [4.69, 9.17) is 4.42 Å². The second-order valence-electron chi connectivity index (χ2n) is 7.11. The van der Waals surface area contributed by atoms with Crippen molar-refractivity contribution in [3.05, 3.63) is 52.4 Å². The molecule has 146 valence electrons. The number of hydrogen-bond donors (Lipinski definition) is 1. The van der Waals surface area contributed by atoms with Gasteiger partial charge in [0.2, 0.25) is 0 Å². The fourth-order valence-electron chi connectivity index (χ4n) is 3.53. The Kier molecular flexibility index (Phi) is 5.78. The molecule has 0 radical (unpaired) electrons. The standard InChI is InChI=1S/C20H23N5O2S/c1-14-18(28-13-24-14)20(26)23-8-15-4-2-6-25(11-15)12-16-9-21-19(22-10-16)17-5-3-7-27-17/h3,5,7,9-10,13,15H,2,4,6,8,11-12H2,1H3,(H,23,26). The third-order valence-electron chi connectivity index (χ3n) is 4.96. The van der Waals surface area contributed by atoms with Crippen LogP contribution in [-0.4, -0.2) is 45.4 Å². The molecule has 1 saturated heterocycles. The first-order valence-electron chi connectivity index (χ1n) is 9.44. The van der Waals surface area contributed by atoms with Gasteiger partial charge in [0.1, 0.15) is 4.88 Å².